The average molecular weight is 399 g/mol. The maximum Gasteiger partial charge on any atom is 0.179 e. The molecule has 5 aromatic rings. The minimum absolute atomic E-state index is 0.0635. The van der Waals surface area contributed by atoms with Crippen LogP contribution in [0.25, 0.3) is 32.7 Å². The molecule has 0 bridgehead atoms. The highest BCUT2D eigenvalue weighted by Crippen LogP contribution is 2.28. The molecule has 1 N–H and O–H groups in total. The minimum Gasteiger partial charge on any atom is -0.492 e. The number of aliphatic hydroxyl groups excluding tert-OH is 1. The van der Waals surface area contributed by atoms with E-state index >= 15 is 0 Å². The highest BCUT2D eigenvalue weighted by molar-refractivity contribution is 6.07. The molecule has 6 heteroatoms. The molecule has 0 amide bonds. The first-order valence-electron chi connectivity index (χ1n) is 9.91. The number of hydrogen-bond acceptors (Lipinski definition) is 4. The Kier molecular flexibility index (Phi) is 4.69. The van der Waals surface area contributed by atoms with E-state index in [1.165, 1.54) is 21.8 Å². The van der Waals surface area contributed by atoms with Crippen LogP contribution >= 0.6 is 0 Å². The van der Waals surface area contributed by atoms with Gasteiger partial charge in [-0.2, -0.15) is 5.10 Å². The van der Waals surface area contributed by atoms with Gasteiger partial charge >= 0.3 is 0 Å². The molecule has 5 rings (SSSR count). The molecule has 30 heavy (non-hydrogen) atoms. The second-order valence-electron chi connectivity index (χ2n) is 7.25. The van der Waals surface area contributed by atoms with Crippen molar-refractivity contribution in [2.24, 2.45) is 0 Å². The average Bonchev–Trinajstić information content (AvgIpc) is 3.33. The molecule has 0 unspecified atom stereocenters. The summed E-state index contributed by atoms with van der Waals surface area (Å²) in [6.07, 6.45) is 1.71. The fourth-order valence-corrected chi connectivity index (χ4v) is 4.00. The second kappa shape index (κ2) is 7.65. The van der Waals surface area contributed by atoms with Crippen LogP contribution in [-0.4, -0.2) is 38.5 Å². The summed E-state index contributed by atoms with van der Waals surface area (Å²) in [6, 6.07) is 22.6. The van der Waals surface area contributed by atoms with Crippen molar-refractivity contribution in [1.82, 2.24) is 14.3 Å². The van der Waals surface area contributed by atoms with Gasteiger partial charge in [-0.25, -0.2) is 0 Å². The van der Waals surface area contributed by atoms with Crippen LogP contribution in [0, 0.1) is 0 Å². The predicted molar refractivity (Wildman–Crippen MR) is 117 cm³/mol. The third-order valence-electron chi connectivity index (χ3n) is 5.38. The lowest BCUT2D eigenvalue weighted by Crippen LogP contribution is -2.14. The topological polar surface area (TPSA) is 69.3 Å². The first-order chi connectivity index (χ1) is 14.7. The highest BCUT2D eigenvalue weighted by Gasteiger charge is 2.10. The lowest BCUT2D eigenvalue weighted by Gasteiger charge is -2.10. The number of fused-ring (bicyclic) bond motifs is 4. The van der Waals surface area contributed by atoms with Gasteiger partial charge < -0.3 is 14.4 Å². The summed E-state index contributed by atoms with van der Waals surface area (Å²) in [5.41, 5.74) is 3.24. The van der Waals surface area contributed by atoms with E-state index in [1.54, 1.807) is 10.9 Å². The van der Waals surface area contributed by atoms with Crippen molar-refractivity contribution in [2.45, 2.75) is 13.1 Å². The molecule has 0 aliphatic rings. The molecule has 2 heterocycles. The number of carbonyl (C=O) groups is 1. The number of hydrogen-bond donors (Lipinski definition) is 1. The van der Waals surface area contributed by atoms with Crippen molar-refractivity contribution in [3.8, 4) is 5.75 Å². The van der Waals surface area contributed by atoms with Gasteiger partial charge in [-0.05, 0) is 30.3 Å². The van der Waals surface area contributed by atoms with Crippen LogP contribution in [0.5, 0.6) is 5.75 Å². The van der Waals surface area contributed by atoms with Crippen LogP contribution in [0.3, 0.4) is 0 Å². The van der Waals surface area contributed by atoms with Crippen LogP contribution in [-0.2, 0) is 17.9 Å². The van der Waals surface area contributed by atoms with Crippen LogP contribution in [0.15, 0.2) is 72.9 Å². The lowest BCUT2D eigenvalue weighted by molar-refractivity contribution is -0.122. The summed E-state index contributed by atoms with van der Waals surface area (Å²) in [6.45, 7) is 0.848. The Bertz CT molecular complexity index is 1310. The predicted octanol–water partition coefficient (Wildman–Crippen LogP) is 3.78. The van der Waals surface area contributed by atoms with Crippen LogP contribution in [0.1, 0.15) is 0 Å². The van der Waals surface area contributed by atoms with E-state index in [-0.39, 0.29) is 12.3 Å². The SMILES string of the molecule is O=C(CO)Cn1ncc2cc(OCCn3c4ccccc4c4ccccc43)ccc21. The zero-order valence-corrected chi connectivity index (χ0v) is 16.4. The molecule has 2 aromatic heterocycles. The van der Waals surface area contributed by atoms with Crippen molar-refractivity contribution in [2.75, 3.05) is 13.2 Å². The Labute approximate surface area is 172 Å². The van der Waals surface area contributed by atoms with Crippen molar-refractivity contribution < 1.29 is 14.6 Å². The zero-order chi connectivity index (χ0) is 20.5. The molecule has 6 nitrogen and oxygen atoms in total. The number of ketones is 1. The number of ether oxygens (including phenoxy) is 1. The van der Waals surface area contributed by atoms with Gasteiger partial charge in [-0.15, -0.1) is 0 Å². The van der Waals surface area contributed by atoms with Gasteiger partial charge in [0.1, 0.15) is 25.5 Å². The molecule has 0 atom stereocenters. The number of rotatable bonds is 7. The fourth-order valence-electron chi connectivity index (χ4n) is 4.00. The quantitative estimate of drug-likeness (QED) is 0.452. The number of aliphatic hydroxyl groups is 1. The van der Waals surface area contributed by atoms with E-state index in [2.05, 4.69) is 58.2 Å². The van der Waals surface area contributed by atoms with Crippen molar-refractivity contribution in [3.05, 3.63) is 72.9 Å². The number of para-hydroxylation sites is 2. The summed E-state index contributed by atoms with van der Waals surface area (Å²) >= 11 is 0. The van der Waals surface area contributed by atoms with E-state index in [1.807, 2.05) is 18.2 Å². The third-order valence-corrected chi connectivity index (χ3v) is 5.38. The first kappa shape index (κ1) is 18.4. The normalized spacial score (nSPS) is 11.5. The molecule has 0 aliphatic heterocycles. The Morgan fingerprint density at radius 2 is 1.63 bits per heavy atom. The number of Topliss-reactive ketones (excluding diaryl/α,β-unsaturated/α-hetero) is 1. The molecule has 0 saturated heterocycles. The Hall–Kier alpha value is -3.64. The molecule has 0 spiro atoms. The number of carbonyl (C=O) groups excluding carboxylic acids is 1. The standard InChI is InChI=1S/C24H21N3O3/c28-16-18(29)15-27-22-10-9-19(13-17(22)14-25-27)30-12-11-26-23-7-3-1-5-20(23)21-6-2-4-8-24(21)26/h1-10,13-14,28H,11-12,15-16H2. The van der Waals surface area contributed by atoms with E-state index in [0.29, 0.717) is 6.61 Å². The summed E-state index contributed by atoms with van der Waals surface area (Å²) in [5, 5.41) is 16.6. The zero-order valence-electron chi connectivity index (χ0n) is 16.4. The van der Waals surface area contributed by atoms with E-state index in [4.69, 9.17) is 9.84 Å². The van der Waals surface area contributed by atoms with Crippen LogP contribution in [0.4, 0.5) is 0 Å². The third kappa shape index (κ3) is 3.21. The van der Waals surface area contributed by atoms with Crippen LogP contribution in [0.2, 0.25) is 0 Å². The van der Waals surface area contributed by atoms with Crippen molar-refractivity contribution in [1.29, 1.82) is 0 Å². The number of aromatic nitrogens is 3. The van der Waals surface area contributed by atoms with Gasteiger partial charge in [0.25, 0.3) is 0 Å². The van der Waals surface area contributed by atoms with Gasteiger partial charge in [0.05, 0.1) is 18.3 Å². The van der Waals surface area contributed by atoms with Crippen molar-refractivity contribution in [3.63, 3.8) is 0 Å². The fraction of sp³-hybridized carbons (Fsp3) is 0.167. The van der Waals surface area contributed by atoms with E-state index in [0.717, 1.165) is 23.2 Å². The van der Waals surface area contributed by atoms with Gasteiger partial charge in [0, 0.05) is 27.2 Å². The Balaban J connectivity index is 1.36. The smallest absolute Gasteiger partial charge is 0.179 e. The molecular formula is C24H21N3O3. The summed E-state index contributed by atoms with van der Waals surface area (Å²) in [4.78, 5) is 11.5. The van der Waals surface area contributed by atoms with Crippen molar-refractivity contribution >= 4 is 38.5 Å². The molecular weight excluding hydrogens is 378 g/mol. The molecule has 0 fully saturated rings. The summed E-state index contributed by atoms with van der Waals surface area (Å²) in [5.74, 6) is 0.489. The van der Waals surface area contributed by atoms with E-state index < -0.39 is 6.61 Å². The monoisotopic (exact) mass is 399 g/mol. The largest absolute Gasteiger partial charge is 0.492 e. The summed E-state index contributed by atoms with van der Waals surface area (Å²) in [7, 11) is 0. The molecule has 0 radical (unpaired) electrons. The van der Waals surface area contributed by atoms with E-state index in [9.17, 15) is 4.79 Å². The summed E-state index contributed by atoms with van der Waals surface area (Å²) < 4.78 is 9.92. The van der Waals surface area contributed by atoms with Gasteiger partial charge in [0.2, 0.25) is 0 Å². The second-order valence-corrected chi connectivity index (χ2v) is 7.25. The number of nitrogens with zero attached hydrogens (tertiary/aromatic N) is 3. The molecule has 0 aliphatic carbocycles. The maximum atomic E-state index is 11.5. The maximum absolute atomic E-state index is 11.5. The van der Waals surface area contributed by atoms with Crippen LogP contribution < -0.4 is 4.74 Å². The molecule has 3 aromatic carbocycles. The first-order valence-corrected chi connectivity index (χ1v) is 9.91. The van der Waals surface area contributed by atoms with Gasteiger partial charge in [-0.1, -0.05) is 36.4 Å². The lowest BCUT2D eigenvalue weighted by atomic mass is 10.2. The van der Waals surface area contributed by atoms with Gasteiger partial charge in [0.15, 0.2) is 5.78 Å². The minimum atomic E-state index is -0.481. The Morgan fingerprint density at radius 1 is 0.933 bits per heavy atom. The van der Waals surface area contributed by atoms with Gasteiger partial charge in [-0.3, -0.25) is 9.48 Å². The Morgan fingerprint density at radius 3 is 2.33 bits per heavy atom. The number of benzene rings is 3. The molecule has 0 saturated carbocycles. The molecule has 150 valence electrons. The highest BCUT2D eigenvalue weighted by atomic mass is 16.5.